The molecule has 2 aliphatic heterocycles. The Balaban J connectivity index is 1.49. The fourth-order valence-electron chi connectivity index (χ4n) is 3.28. The van der Waals surface area contributed by atoms with Gasteiger partial charge in [-0.3, -0.25) is 4.79 Å². The van der Waals surface area contributed by atoms with E-state index in [1.54, 1.807) is 0 Å². The van der Waals surface area contributed by atoms with Gasteiger partial charge in [0.15, 0.2) is 0 Å². The normalized spacial score (nSPS) is 21.0. The molecule has 1 saturated heterocycles. The summed E-state index contributed by atoms with van der Waals surface area (Å²) in [6.45, 7) is 4.19. The first-order valence-electron chi connectivity index (χ1n) is 8.39. The average molecular weight is 319 g/mol. The minimum atomic E-state index is -0.174. The van der Waals surface area contributed by atoms with Crippen molar-refractivity contribution in [2.75, 3.05) is 18.4 Å². The molecule has 0 aromatic heterocycles. The number of fused-ring (bicyclic) bond motifs is 1. The standard InChI is InChI=1S/C20H21N3O/c1-20(12-21-13-20)23-17-8-6-14(7-9-17)10-16-11-15-4-2-3-5-18(15)22-19(16)24/h2-9,11,16,21,23H,10,12-13H2,1H3. The van der Waals surface area contributed by atoms with Crippen LogP contribution in [0.25, 0.3) is 6.08 Å². The zero-order chi connectivity index (χ0) is 16.6. The molecule has 2 aromatic carbocycles. The largest absolute Gasteiger partial charge is 0.377 e. The molecule has 0 bridgehead atoms. The van der Waals surface area contributed by atoms with Crippen LogP contribution >= 0.6 is 0 Å². The van der Waals surface area contributed by atoms with Gasteiger partial charge in [-0.05, 0) is 42.3 Å². The fraction of sp³-hybridized carbons (Fsp3) is 0.300. The number of nitrogens with zero attached hydrogens (tertiary/aromatic N) is 1. The highest BCUT2D eigenvalue weighted by atomic mass is 16.1. The molecule has 0 aliphatic carbocycles. The number of hydrogen-bond donors (Lipinski definition) is 2. The smallest absolute Gasteiger partial charge is 0.253 e. The van der Waals surface area contributed by atoms with Crippen molar-refractivity contribution >= 4 is 17.7 Å². The zero-order valence-corrected chi connectivity index (χ0v) is 13.8. The first-order valence-corrected chi connectivity index (χ1v) is 8.39. The van der Waals surface area contributed by atoms with Crippen molar-refractivity contribution in [1.29, 1.82) is 0 Å². The fourth-order valence-corrected chi connectivity index (χ4v) is 3.28. The number of para-hydroxylation sites is 1. The lowest BCUT2D eigenvalue weighted by atomic mass is 9.93. The number of amides is 1. The van der Waals surface area contributed by atoms with E-state index in [9.17, 15) is 4.79 Å². The first-order chi connectivity index (χ1) is 11.6. The molecule has 122 valence electrons. The molecular formula is C20H21N3O. The molecule has 2 aliphatic rings. The predicted molar refractivity (Wildman–Crippen MR) is 95.2 cm³/mol. The number of carbonyl (C=O) groups is 1. The maximum absolute atomic E-state index is 12.2. The Kier molecular flexibility index (Phi) is 3.69. The van der Waals surface area contributed by atoms with Crippen LogP contribution in [-0.4, -0.2) is 24.5 Å². The van der Waals surface area contributed by atoms with Crippen molar-refractivity contribution in [2.45, 2.75) is 18.9 Å². The molecule has 4 rings (SSSR count). The molecule has 4 nitrogen and oxygen atoms in total. The van der Waals surface area contributed by atoms with Crippen molar-refractivity contribution in [3.63, 3.8) is 0 Å². The molecule has 1 amide bonds. The number of anilines is 1. The number of benzene rings is 2. The average Bonchev–Trinajstić information content (AvgIpc) is 2.56. The lowest BCUT2D eigenvalue weighted by Crippen LogP contribution is -2.62. The van der Waals surface area contributed by atoms with Crippen molar-refractivity contribution < 1.29 is 4.79 Å². The summed E-state index contributed by atoms with van der Waals surface area (Å²) >= 11 is 0. The Morgan fingerprint density at radius 3 is 2.62 bits per heavy atom. The van der Waals surface area contributed by atoms with E-state index in [1.807, 2.05) is 30.3 Å². The zero-order valence-electron chi connectivity index (χ0n) is 13.8. The Morgan fingerprint density at radius 1 is 1.17 bits per heavy atom. The Bertz CT molecular complexity index is 882. The van der Waals surface area contributed by atoms with E-state index >= 15 is 0 Å². The van der Waals surface area contributed by atoms with Gasteiger partial charge in [-0.2, -0.15) is 0 Å². The Morgan fingerprint density at radius 2 is 1.92 bits per heavy atom. The number of nitrogens with one attached hydrogen (secondary N) is 2. The van der Waals surface area contributed by atoms with Crippen LogP contribution < -0.4 is 21.2 Å². The molecule has 2 N–H and O–H groups in total. The van der Waals surface area contributed by atoms with Crippen molar-refractivity contribution in [3.05, 3.63) is 64.7 Å². The van der Waals surface area contributed by atoms with E-state index in [2.05, 4.69) is 46.8 Å². The minimum Gasteiger partial charge on any atom is -0.377 e. The predicted octanol–water partition coefficient (Wildman–Crippen LogP) is 1.26. The van der Waals surface area contributed by atoms with Crippen molar-refractivity contribution in [2.24, 2.45) is 10.9 Å². The van der Waals surface area contributed by atoms with Crippen LogP contribution in [0.4, 0.5) is 5.69 Å². The van der Waals surface area contributed by atoms with Gasteiger partial charge >= 0.3 is 0 Å². The summed E-state index contributed by atoms with van der Waals surface area (Å²) in [6, 6.07) is 16.2. The van der Waals surface area contributed by atoms with Gasteiger partial charge in [0.05, 0.1) is 16.8 Å². The molecule has 1 fully saturated rings. The number of hydrogen-bond acceptors (Lipinski definition) is 3. The highest BCUT2D eigenvalue weighted by molar-refractivity contribution is 5.86. The number of carbonyl (C=O) groups excluding carboxylic acids is 1. The van der Waals surface area contributed by atoms with Gasteiger partial charge in [0, 0.05) is 18.8 Å². The van der Waals surface area contributed by atoms with Crippen molar-refractivity contribution in [3.8, 4) is 0 Å². The second-order valence-electron chi connectivity index (χ2n) is 6.97. The third kappa shape index (κ3) is 2.97. The van der Waals surface area contributed by atoms with Gasteiger partial charge in [-0.15, -0.1) is 0 Å². The minimum absolute atomic E-state index is 0.0519. The van der Waals surface area contributed by atoms with Crippen molar-refractivity contribution in [1.82, 2.24) is 5.32 Å². The van der Waals surface area contributed by atoms with Gasteiger partial charge in [-0.1, -0.05) is 36.4 Å². The van der Waals surface area contributed by atoms with Crippen LogP contribution in [0.3, 0.4) is 0 Å². The maximum Gasteiger partial charge on any atom is 0.253 e. The van der Waals surface area contributed by atoms with Crippen LogP contribution in [0.1, 0.15) is 12.5 Å². The summed E-state index contributed by atoms with van der Waals surface area (Å²) in [4.78, 5) is 16.5. The van der Waals surface area contributed by atoms with Gasteiger partial charge in [-0.25, -0.2) is 4.99 Å². The summed E-state index contributed by atoms with van der Waals surface area (Å²) in [5, 5.41) is 8.66. The molecule has 4 heteroatoms. The SMILES string of the molecule is CC1(Nc2ccc(CC3C=c4ccccc4=NC3=O)cc2)CNC1. The lowest BCUT2D eigenvalue weighted by molar-refractivity contribution is -0.120. The van der Waals surface area contributed by atoms with Gasteiger partial charge < -0.3 is 10.6 Å². The lowest BCUT2D eigenvalue weighted by Gasteiger charge is -2.41. The Hall–Kier alpha value is -2.46. The van der Waals surface area contributed by atoms with E-state index in [-0.39, 0.29) is 17.4 Å². The van der Waals surface area contributed by atoms with E-state index in [4.69, 9.17) is 0 Å². The molecule has 0 saturated carbocycles. The first kappa shape index (κ1) is 15.1. The topological polar surface area (TPSA) is 53.5 Å². The Labute approximate surface area is 141 Å². The van der Waals surface area contributed by atoms with Crippen LogP contribution in [-0.2, 0) is 11.2 Å². The van der Waals surface area contributed by atoms with Crippen LogP contribution in [0.5, 0.6) is 0 Å². The van der Waals surface area contributed by atoms with Crippen LogP contribution in [0.15, 0.2) is 53.5 Å². The summed E-state index contributed by atoms with van der Waals surface area (Å²) in [5.74, 6) is -0.226. The van der Waals surface area contributed by atoms with E-state index in [0.29, 0.717) is 6.42 Å². The van der Waals surface area contributed by atoms with Crippen LogP contribution in [0, 0.1) is 5.92 Å². The van der Waals surface area contributed by atoms with Gasteiger partial charge in [0.1, 0.15) is 0 Å². The maximum atomic E-state index is 12.2. The second kappa shape index (κ2) is 5.87. The molecule has 2 aromatic rings. The highest BCUT2D eigenvalue weighted by Gasteiger charge is 2.31. The molecule has 0 spiro atoms. The molecule has 0 radical (unpaired) electrons. The quantitative estimate of drug-likeness (QED) is 0.892. The van der Waals surface area contributed by atoms with Crippen LogP contribution in [0.2, 0.25) is 0 Å². The molecule has 24 heavy (non-hydrogen) atoms. The molecular weight excluding hydrogens is 298 g/mol. The monoisotopic (exact) mass is 319 g/mol. The summed E-state index contributed by atoms with van der Waals surface area (Å²) in [5.41, 5.74) is 2.43. The van der Waals surface area contributed by atoms with E-state index < -0.39 is 0 Å². The number of rotatable bonds is 4. The highest BCUT2D eigenvalue weighted by Crippen LogP contribution is 2.21. The molecule has 1 atom stereocenters. The summed E-state index contributed by atoms with van der Waals surface area (Å²) < 4.78 is 0. The van der Waals surface area contributed by atoms with Gasteiger partial charge in [0.2, 0.25) is 0 Å². The summed E-state index contributed by atoms with van der Waals surface area (Å²) in [6.07, 6.45) is 2.73. The van der Waals surface area contributed by atoms with E-state index in [0.717, 1.165) is 34.9 Å². The van der Waals surface area contributed by atoms with E-state index in [1.165, 1.54) is 0 Å². The summed E-state index contributed by atoms with van der Waals surface area (Å²) in [7, 11) is 0. The second-order valence-corrected chi connectivity index (χ2v) is 6.97. The molecule has 2 heterocycles. The third-order valence-electron chi connectivity index (χ3n) is 4.75. The third-order valence-corrected chi connectivity index (χ3v) is 4.75. The van der Waals surface area contributed by atoms with Gasteiger partial charge in [0.25, 0.3) is 5.91 Å². The molecule has 1 unspecified atom stereocenters.